The van der Waals surface area contributed by atoms with Crippen LogP contribution in [-0.2, 0) is 0 Å². The van der Waals surface area contributed by atoms with Crippen molar-refractivity contribution in [2.75, 3.05) is 6.54 Å². The predicted molar refractivity (Wildman–Crippen MR) is 54.4 cm³/mol. The van der Waals surface area contributed by atoms with Crippen molar-refractivity contribution in [3.8, 4) is 6.07 Å². The van der Waals surface area contributed by atoms with Crippen LogP contribution in [0.2, 0.25) is 0 Å². The minimum atomic E-state index is -0.677. The molecule has 0 aliphatic carbocycles. The summed E-state index contributed by atoms with van der Waals surface area (Å²) in [5.41, 5.74) is 1.99. The molecule has 2 N–H and O–H groups in total. The Balaban J connectivity index is 2.48. The zero-order chi connectivity index (χ0) is 10.4. The first-order valence-electron chi connectivity index (χ1n) is 4.59. The second kappa shape index (κ2) is 5.38. The molecule has 0 aliphatic heterocycles. The number of hydrogen-bond donors (Lipinski definition) is 2. The smallest absolute Gasteiger partial charge is 0.131 e. The molecule has 0 radical (unpaired) electrons. The van der Waals surface area contributed by atoms with Crippen molar-refractivity contribution in [1.82, 2.24) is 5.32 Å². The third kappa shape index (κ3) is 3.17. The minimum Gasteiger partial charge on any atom is -0.374 e. The maximum Gasteiger partial charge on any atom is 0.131 e. The number of aliphatic hydroxyl groups excluding tert-OH is 1. The average molecular weight is 190 g/mol. The summed E-state index contributed by atoms with van der Waals surface area (Å²) >= 11 is 0. The second-order valence-corrected chi connectivity index (χ2v) is 3.18. The zero-order valence-corrected chi connectivity index (χ0v) is 8.20. The zero-order valence-electron chi connectivity index (χ0n) is 8.20. The highest BCUT2D eigenvalue weighted by Crippen LogP contribution is 2.10. The van der Waals surface area contributed by atoms with Crippen LogP contribution in [0.25, 0.3) is 0 Å². The van der Waals surface area contributed by atoms with Crippen molar-refractivity contribution < 1.29 is 5.11 Å². The van der Waals surface area contributed by atoms with E-state index in [4.69, 9.17) is 5.26 Å². The van der Waals surface area contributed by atoms with Crippen molar-refractivity contribution >= 4 is 0 Å². The molecule has 0 fully saturated rings. The maximum absolute atomic E-state index is 9.62. The van der Waals surface area contributed by atoms with E-state index in [-0.39, 0.29) is 0 Å². The van der Waals surface area contributed by atoms with Gasteiger partial charge in [0.05, 0.1) is 6.07 Å². The summed E-state index contributed by atoms with van der Waals surface area (Å²) in [5.74, 6) is 0. The molecule has 0 amide bonds. The Bertz CT molecular complexity index is 313. The Morgan fingerprint density at radius 1 is 1.43 bits per heavy atom. The highest BCUT2D eigenvalue weighted by atomic mass is 16.3. The molecular weight excluding hydrogens is 176 g/mol. The number of nitriles is 1. The van der Waals surface area contributed by atoms with Crippen LogP contribution in [-0.4, -0.2) is 11.7 Å². The fraction of sp³-hybridized carbons (Fsp3) is 0.364. The van der Waals surface area contributed by atoms with Crippen LogP contribution < -0.4 is 5.32 Å². The van der Waals surface area contributed by atoms with E-state index in [9.17, 15) is 5.11 Å². The van der Waals surface area contributed by atoms with Gasteiger partial charge in [-0.25, -0.2) is 0 Å². The summed E-state index contributed by atoms with van der Waals surface area (Å²) in [7, 11) is 0. The minimum absolute atomic E-state index is 0.406. The van der Waals surface area contributed by atoms with Crippen LogP contribution in [0.1, 0.15) is 23.8 Å². The fourth-order valence-corrected chi connectivity index (χ4v) is 1.13. The lowest BCUT2D eigenvalue weighted by molar-refractivity contribution is 0.140. The SMILES string of the molecule is Cc1ccc(C(O)NCCC#N)cc1. The summed E-state index contributed by atoms with van der Waals surface area (Å²) in [6.45, 7) is 2.50. The third-order valence-corrected chi connectivity index (χ3v) is 1.97. The number of rotatable bonds is 4. The van der Waals surface area contributed by atoms with Crippen LogP contribution in [0.15, 0.2) is 24.3 Å². The van der Waals surface area contributed by atoms with Crippen LogP contribution in [0.3, 0.4) is 0 Å². The summed E-state index contributed by atoms with van der Waals surface area (Å²) in [6.07, 6.45) is -0.271. The lowest BCUT2D eigenvalue weighted by Crippen LogP contribution is -2.21. The molecule has 0 saturated heterocycles. The molecule has 0 aliphatic rings. The standard InChI is InChI=1S/C11H14N2O/c1-9-3-5-10(6-4-9)11(14)13-8-2-7-12/h3-6,11,13-14H,2,8H2,1H3. The summed E-state index contributed by atoms with van der Waals surface area (Å²) < 4.78 is 0. The first kappa shape index (κ1) is 10.7. The monoisotopic (exact) mass is 190 g/mol. The van der Waals surface area contributed by atoms with E-state index in [1.54, 1.807) is 0 Å². The van der Waals surface area contributed by atoms with Gasteiger partial charge >= 0.3 is 0 Å². The Hall–Kier alpha value is -1.37. The molecule has 0 heterocycles. The van der Waals surface area contributed by atoms with Gasteiger partial charge in [-0.15, -0.1) is 0 Å². The number of hydrogen-bond acceptors (Lipinski definition) is 3. The molecule has 0 saturated carbocycles. The lowest BCUT2D eigenvalue weighted by atomic mass is 10.1. The van der Waals surface area contributed by atoms with Crippen molar-refractivity contribution in [1.29, 1.82) is 5.26 Å². The highest BCUT2D eigenvalue weighted by molar-refractivity contribution is 5.22. The normalized spacial score (nSPS) is 12.1. The van der Waals surface area contributed by atoms with Gasteiger partial charge in [-0.2, -0.15) is 5.26 Å². The fourth-order valence-electron chi connectivity index (χ4n) is 1.13. The van der Waals surface area contributed by atoms with Gasteiger partial charge in [-0.05, 0) is 12.5 Å². The molecule has 0 bridgehead atoms. The predicted octanol–water partition coefficient (Wildman–Crippen LogP) is 1.49. The van der Waals surface area contributed by atoms with Crippen LogP contribution in [0, 0.1) is 18.3 Å². The molecule has 74 valence electrons. The molecule has 1 aromatic rings. The molecule has 1 unspecified atom stereocenters. The maximum atomic E-state index is 9.62. The molecule has 0 aromatic heterocycles. The van der Waals surface area contributed by atoms with Gasteiger partial charge in [0.25, 0.3) is 0 Å². The van der Waals surface area contributed by atoms with E-state index in [2.05, 4.69) is 5.32 Å². The summed E-state index contributed by atoms with van der Waals surface area (Å²) in [4.78, 5) is 0. The van der Waals surface area contributed by atoms with Crippen LogP contribution >= 0.6 is 0 Å². The van der Waals surface area contributed by atoms with E-state index in [0.717, 1.165) is 11.1 Å². The molecule has 14 heavy (non-hydrogen) atoms. The van der Waals surface area contributed by atoms with E-state index in [1.165, 1.54) is 0 Å². The van der Waals surface area contributed by atoms with Gasteiger partial charge in [0.1, 0.15) is 6.23 Å². The Labute approximate surface area is 84.0 Å². The van der Waals surface area contributed by atoms with Crippen molar-refractivity contribution in [2.45, 2.75) is 19.6 Å². The first-order chi connectivity index (χ1) is 6.74. The Kier molecular flexibility index (Phi) is 4.11. The van der Waals surface area contributed by atoms with Gasteiger partial charge in [0.2, 0.25) is 0 Å². The van der Waals surface area contributed by atoms with Gasteiger partial charge < -0.3 is 5.11 Å². The number of aliphatic hydroxyl groups is 1. The highest BCUT2D eigenvalue weighted by Gasteiger charge is 2.04. The lowest BCUT2D eigenvalue weighted by Gasteiger charge is -2.11. The van der Waals surface area contributed by atoms with Crippen molar-refractivity contribution in [3.05, 3.63) is 35.4 Å². The first-order valence-corrected chi connectivity index (χ1v) is 4.59. The van der Waals surface area contributed by atoms with Gasteiger partial charge in [0.15, 0.2) is 0 Å². The number of nitrogens with zero attached hydrogens (tertiary/aromatic N) is 1. The van der Waals surface area contributed by atoms with Gasteiger partial charge in [0, 0.05) is 13.0 Å². The van der Waals surface area contributed by atoms with E-state index in [1.807, 2.05) is 37.3 Å². The molecule has 1 aromatic carbocycles. The molecule has 3 nitrogen and oxygen atoms in total. The topological polar surface area (TPSA) is 56.0 Å². The molecule has 1 atom stereocenters. The van der Waals surface area contributed by atoms with E-state index < -0.39 is 6.23 Å². The second-order valence-electron chi connectivity index (χ2n) is 3.18. The summed E-state index contributed by atoms with van der Waals surface area (Å²) in [6, 6.07) is 9.66. The number of aryl methyl sites for hydroxylation is 1. The van der Waals surface area contributed by atoms with Crippen LogP contribution in [0.5, 0.6) is 0 Å². The van der Waals surface area contributed by atoms with Gasteiger partial charge in [-0.3, -0.25) is 5.32 Å². The van der Waals surface area contributed by atoms with E-state index in [0.29, 0.717) is 13.0 Å². The van der Waals surface area contributed by atoms with E-state index >= 15 is 0 Å². The molecule has 0 spiro atoms. The Morgan fingerprint density at radius 3 is 2.64 bits per heavy atom. The number of benzene rings is 1. The molecule has 3 heteroatoms. The van der Waals surface area contributed by atoms with Crippen molar-refractivity contribution in [2.24, 2.45) is 0 Å². The summed E-state index contributed by atoms with van der Waals surface area (Å²) in [5, 5.41) is 20.8. The van der Waals surface area contributed by atoms with Crippen LogP contribution in [0.4, 0.5) is 0 Å². The average Bonchev–Trinajstić information content (AvgIpc) is 2.19. The Morgan fingerprint density at radius 2 is 2.07 bits per heavy atom. The third-order valence-electron chi connectivity index (χ3n) is 1.97. The molecule has 1 rings (SSSR count). The largest absolute Gasteiger partial charge is 0.374 e. The van der Waals surface area contributed by atoms with Gasteiger partial charge in [-0.1, -0.05) is 29.8 Å². The quantitative estimate of drug-likeness (QED) is 0.558. The molecular formula is C11H14N2O. The van der Waals surface area contributed by atoms with Crippen molar-refractivity contribution in [3.63, 3.8) is 0 Å². The number of nitrogens with one attached hydrogen (secondary N) is 1.